The van der Waals surface area contributed by atoms with Gasteiger partial charge in [0.2, 0.25) is 0 Å². The molecule has 32 heavy (non-hydrogen) atoms. The number of nitrogens with zero attached hydrogens (tertiary/aromatic N) is 2. The molecule has 0 radical (unpaired) electrons. The summed E-state index contributed by atoms with van der Waals surface area (Å²) >= 11 is 4.80. The number of amidine groups is 2. The van der Waals surface area contributed by atoms with Gasteiger partial charge in [0.05, 0.1) is 22.2 Å². The van der Waals surface area contributed by atoms with Gasteiger partial charge >= 0.3 is 5.97 Å². The maximum Gasteiger partial charge on any atom is 0.343 e. The topological polar surface area (TPSA) is 92.1 Å². The van der Waals surface area contributed by atoms with Gasteiger partial charge in [-0.1, -0.05) is 30.0 Å². The quantitative estimate of drug-likeness (QED) is 0.335. The van der Waals surface area contributed by atoms with E-state index in [9.17, 15) is 9.59 Å². The van der Waals surface area contributed by atoms with Gasteiger partial charge < -0.3 is 9.47 Å². The summed E-state index contributed by atoms with van der Waals surface area (Å²) in [4.78, 5) is 31.7. The van der Waals surface area contributed by atoms with Crippen LogP contribution in [-0.2, 0) is 4.79 Å². The second-order valence-electron chi connectivity index (χ2n) is 6.84. The minimum absolute atomic E-state index is 0.0537. The predicted molar refractivity (Wildman–Crippen MR) is 128 cm³/mol. The summed E-state index contributed by atoms with van der Waals surface area (Å²) in [6.45, 7) is 4.06. The standard InChI is InChI=1S/C23H18BrN3O4S/c1-3-30-18-11-14(9-16-20(25)27-12-13(2)32-23(27)26-21(16)28)10-17(24)19(18)31-22(29)15-7-5-4-6-8-15/h4-12,25H,3H2,1-2H3/b16-9-,25-20?. The Kier molecular flexibility index (Phi) is 6.29. The highest BCUT2D eigenvalue weighted by molar-refractivity contribution is 9.10. The number of fused-ring (bicyclic) bond motifs is 1. The minimum atomic E-state index is -0.516. The first-order chi connectivity index (χ1) is 15.4. The number of halogens is 1. The zero-order chi connectivity index (χ0) is 22.8. The lowest BCUT2D eigenvalue weighted by molar-refractivity contribution is -0.114. The number of rotatable bonds is 5. The van der Waals surface area contributed by atoms with Crippen molar-refractivity contribution in [2.45, 2.75) is 13.8 Å². The van der Waals surface area contributed by atoms with Crippen molar-refractivity contribution >= 4 is 56.6 Å². The van der Waals surface area contributed by atoms with Crippen LogP contribution in [0.4, 0.5) is 0 Å². The molecule has 9 heteroatoms. The van der Waals surface area contributed by atoms with Crippen LogP contribution in [0.25, 0.3) is 6.08 Å². The number of aliphatic imine (C=N–C) groups is 1. The van der Waals surface area contributed by atoms with Crippen LogP contribution < -0.4 is 9.47 Å². The smallest absolute Gasteiger partial charge is 0.343 e. The first-order valence-electron chi connectivity index (χ1n) is 9.70. The summed E-state index contributed by atoms with van der Waals surface area (Å²) in [5.74, 6) is -0.367. The molecule has 2 heterocycles. The van der Waals surface area contributed by atoms with Crippen LogP contribution in [0.15, 0.2) is 68.6 Å². The van der Waals surface area contributed by atoms with Crippen LogP contribution in [0.5, 0.6) is 11.5 Å². The van der Waals surface area contributed by atoms with Crippen molar-refractivity contribution in [1.29, 1.82) is 5.41 Å². The number of hydrogen-bond acceptors (Lipinski definition) is 6. The van der Waals surface area contributed by atoms with Gasteiger partial charge in [-0.3, -0.25) is 15.1 Å². The van der Waals surface area contributed by atoms with Gasteiger partial charge in [0.25, 0.3) is 5.91 Å². The van der Waals surface area contributed by atoms with Crippen molar-refractivity contribution in [2.75, 3.05) is 6.61 Å². The van der Waals surface area contributed by atoms with E-state index in [1.54, 1.807) is 53.6 Å². The largest absolute Gasteiger partial charge is 0.490 e. The number of esters is 1. The van der Waals surface area contributed by atoms with Crippen LogP contribution in [0, 0.1) is 5.41 Å². The van der Waals surface area contributed by atoms with Crippen molar-refractivity contribution < 1.29 is 19.1 Å². The second-order valence-corrected chi connectivity index (χ2v) is 8.90. The Morgan fingerprint density at radius 3 is 2.75 bits per heavy atom. The number of ether oxygens (including phenoxy) is 2. The van der Waals surface area contributed by atoms with Crippen molar-refractivity contribution in [2.24, 2.45) is 4.99 Å². The summed E-state index contributed by atoms with van der Waals surface area (Å²) in [5, 5.41) is 8.93. The Labute approximate surface area is 197 Å². The summed E-state index contributed by atoms with van der Waals surface area (Å²) in [7, 11) is 0. The van der Waals surface area contributed by atoms with E-state index in [4.69, 9.17) is 14.9 Å². The summed E-state index contributed by atoms with van der Waals surface area (Å²) < 4.78 is 11.8. The van der Waals surface area contributed by atoms with E-state index in [0.29, 0.717) is 33.1 Å². The highest BCUT2D eigenvalue weighted by atomic mass is 79.9. The molecular formula is C23H18BrN3O4S. The maximum absolute atomic E-state index is 12.6. The summed E-state index contributed by atoms with van der Waals surface area (Å²) in [6.07, 6.45) is 3.35. The number of allylic oxidation sites excluding steroid dienone is 1. The normalized spacial score (nSPS) is 16.6. The van der Waals surface area contributed by atoms with Crippen molar-refractivity contribution in [3.8, 4) is 11.5 Å². The molecule has 0 aromatic heterocycles. The number of carbonyl (C=O) groups excluding carboxylic acids is 2. The second kappa shape index (κ2) is 9.13. The van der Waals surface area contributed by atoms with Gasteiger partial charge in [0, 0.05) is 11.1 Å². The molecule has 1 amide bonds. The highest BCUT2D eigenvalue weighted by Crippen LogP contribution is 2.39. The third kappa shape index (κ3) is 4.39. The molecule has 7 nitrogen and oxygen atoms in total. The number of nitrogens with one attached hydrogen (secondary N) is 1. The Morgan fingerprint density at radius 2 is 2.03 bits per heavy atom. The van der Waals surface area contributed by atoms with Crippen LogP contribution >= 0.6 is 27.7 Å². The molecule has 162 valence electrons. The van der Waals surface area contributed by atoms with Gasteiger partial charge in [-0.15, -0.1) is 0 Å². The predicted octanol–water partition coefficient (Wildman–Crippen LogP) is 5.23. The Balaban J connectivity index is 1.68. The van der Waals surface area contributed by atoms with Gasteiger partial charge in [0.1, 0.15) is 5.84 Å². The van der Waals surface area contributed by atoms with Gasteiger partial charge in [-0.25, -0.2) is 4.79 Å². The highest BCUT2D eigenvalue weighted by Gasteiger charge is 2.33. The van der Waals surface area contributed by atoms with Crippen LogP contribution in [0.2, 0.25) is 0 Å². The number of thioether (sulfide) groups is 1. The van der Waals surface area contributed by atoms with Crippen LogP contribution in [0.1, 0.15) is 29.8 Å². The molecule has 2 aromatic carbocycles. The molecular weight excluding hydrogens is 494 g/mol. The van der Waals surface area contributed by atoms with Crippen molar-refractivity contribution in [3.63, 3.8) is 0 Å². The van der Waals surface area contributed by atoms with E-state index in [-0.39, 0.29) is 17.2 Å². The molecule has 2 aromatic rings. The van der Waals surface area contributed by atoms with Crippen LogP contribution in [-0.4, -0.2) is 34.4 Å². The summed E-state index contributed by atoms with van der Waals surface area (Å²) in [5.41, 5.74) is 1.16. The number of amides is 1. The zero-order valence-electron chi connectivity index (χ0n) is 17.2. The number of benzene rings is 2. The fourth-order valence-corrected chi connectivity index (χ4v) is 4.49. The molecule has 2 aliphatic rings. The molecule has 1 N–H and O–H groups in total. The molecule has 0 aliphatic carbocycles. The van der Waals surface area contributed by atoms with Gasteiger partial charge in [0.15, 0.2) is 16.7 Å². The van der Waals surface area contributed by atoms with Crippen molar-refractivity contribution in [3.05, 3.63) is 74.7 Å². The zero-order valence-corrected chi connectivity index (χ0v) is 19.6. The fraction of sp³-hybridized carbons (Fsp3) is 0.130. The Hall–Kier alpha value is -3.17. The van der Waals surface area contributed by atoms with Gasteiger partial charge in [-0.05, 0) is 65.7 Å². The van der Waals surface area contributed by atoms with E-state index < -0.39 is 11.9 Å². The maximum atomic E-state index is 12.6. The van der Waals surface area contributed by atoms with Crippen molar-refractivity contribution in [1.82, 2.24) is 4.90 Å². The molecule has 0 saturated carbocycles. The van der Waals surface area contributed by atoms with E-state index in [1.165, 1.54) is 11.8 Å². The molecule has 0 spiro atoms. The van der Waals surface area contributed by atoms with Crippen LogP contribution in [0.3, 0.4) is 0 Å². The lowest BCUT2D eigenvalue weighted by atomic mass is 10.1. The summed E-state index contributed by atoms with van der Waals surface area (Å²) in [6, 6.07) is 12.0. The van der Waals surface area contributed by atoms with E-state index >= 15 is 0 Å². The SMILES string of the molecule is CCOc1cc(/C=C2/C(=N)N3C=C(C)SC3=NC2=O)cc(Br)c1OC(=O)c1ccccc1. The monoisotopic (exact) mass is 511 g/mol. The first kappa shape index (κ1) is 22.0. The number of hydrogen-bond donors (Lipinski definition) is 1. The van der Waals surface area contributed by atoms with Gasteiger partial charge in [-0.2, -0.15) is 4.99 Å². The van der Waals surface area contributed by atoms with E-state index in [0.717, 1.165) is 4.91 Å². The number of carbonyl (C=O) groups is 2. The molecule has 0 fully saturated rings. The van der Waals surface area contributed by atoms with E-state index in [2.05, 4.69) is 20.9 Å². The molecule has 0 atom stereocenters. The van der Waals surface area contributed by atoms with E-state index in [1.807, 2.05) is 19.9 Å². The lowest BCUT2D eigenvalue weighted by Gasteiger charge is -2.22. The average Bonchev–Trinajstić information content (AvgIpc) is 3.14. The minimum Gasteiger partial charge on any atom is -0.490 e. The Morgan fingerprint density at radius 1 is 1.28 bits per heavy atom. The Bertz CT molecular complexity index is 1220. The third-order valence-electron chi connectivity index (χ3n) is 4.54. The molecule has 2 aliphatic heterocycles. The fourth-order valence-electron chi connectivity index (χ4n) is 3.13. The molecule has 0 saturated heterocycles. The third-order valence-corrected chi connectivity index (χ3v) is 6.03. The molecule has 0 unspecified atom stereocenters. The molecule has 4 rings (SSSR count). The first-order valence-corrected chi connectivity index (χ1v) is 11.3. The molecule has 0 bridgehead atoms. The lowest BCUT2D eigenvalue weighted by Crippen LogP contribution is -2.35. The average molecular weight is 512 g/mol.